The molecule has 20 bridgehead atoms. The molecular weight excluding hydrogens is 1130 g/mol. The number of nitrogens with one attached hydrogen (secondary N) is 4. The fourth-order valence-corrected chi connectivity index (χ4v) is 11.6. The van der Waals surface area contributed by atoms with Crippen molar-refractivity contribution < 1.29 is 50.2 Å². The number of hydrogen-bond acceptors (Lipinski definition) is 9. The van der Waals surface area contributed by atoms with Crippen molar-refractivity contribution in [2.75, 3.05) is 21.3 Å². The predicted octanol–water partition coefficient (Wildman–Crippen LogP) is 12.8. The molecule has 415 valence electrons. The third kappa shape index (κ3) is 9.25. The molecule has 0 unspecified atom stereocenters. The fourth-order valence-electron chi connectivity index (χ4n) is 11.6. The van der Waals surface area contributed by atoms with E-state index in [0.717, 1.165) is 0 Å². The molecule has 1 radical (unpaired) electrons. The van der Waals surface area contributed by atoms with E-state index in [-0.39, 0.29) is 69.3 Å². The second-order valence-electron chi connectivity index (χ2n) is 20.7. The van der Waals surface area contributed by atoms with Crippen molar-refractivity contribution in [1.29, 1.82) is 0 Å². The van der Waals surface area contributed by atoms with Crippen LogP contribution < -0.4 is 46.4 Å². The molecule has 0 aliphatic carbocycles. The molecule has 17 heteroatoms. The number of primary amides is 1. The SMILES string of the molecule is NC(=O)c1c2cccc1COc1cc3cc(c1)C(=O)Nc1ccccc1-c1c4nc(c5c6ccc([n-]6)c(c6nc(c(c7ccc1[n-]7)-c1ccccc1NC3=O)C=C6)-c1ccccc1NC(=O)c1cc(cc(c1)C(=O)Nc1ccccc1-5)OC2)C=C4.[Co+2]. The van der Waals surface area contributed by atoms with Crippen LogP contribution in [-0.4, -0.2) is 39.5 Å². The number of amides is 5. The number of para-hydroxylation sites is 4. The van der Waals surface area contributed by atoms with Crippen molar-refractivity contribution in [2.24, 2.45) is 5.73 Å². The van der Waals surface area contributed by atoms with Gasteiger partial charge in [0.15, 0.2) is 0 Å². The monoisotopic (exact) mass is 1170 g/mol. The van der Waals surface area contributed by atoms with Gasteiger partial charge < -0.3 is 46.4 Å². The molecule has 9 heterocycles. The molecule has 0 atom stereocenters. The minimum Gasteiger partial charge on any atom is -0.657 e. The van der Waals surface area contributed by atoms with E-state index in [1.54, 1.807) is 42.5 Å². The Labute approximate surface area is 500 Å². The number of anilines is 4. The molecule has 7 aromatic carbocycles. The largest absolute Gasteiger partial charge is 2.00 e. The number of nitrogens with two attached hydrogens (primary N) is 1. The van der Waals surface area contributed by atoms with Crippen LogP contribution in [0.5, 0.6) is 11.5 Å². The average molecular weight is 1170 g/mol. The number of carbonyl (C=O) groups is 5. The van der Waals surface area contributed by atoms with Crippen LogP contribution in [0.4, 0.5) is 22.7 Å². The molecule has 0 saturated heterocycles. The summed E-state index contributed by atoms with van der Waals surface area (Å²) in [4.78, 5) is 95.3. The van der Waals surface area contributed by atoms with Gasteiger partial charge in [-0.2, -0.15) is 0 Å². The van der Waals surface area contributed by atoms with Crippen molar-refractivity contribution in [3.8, 4) is 56.0 Å². The quantitative estimate of drug-likeness (QED) is 0.104. The van der Waals surface area contributed by atoms with Gasteiger partial charge in [-0.15, -0.1) is 22.1 Å². The zero-order valence-electron chi connectivity index (χ0n) is 45.0. The molecule has 0 spiro atoms. The first-order valence-corrected chi connectivity index (χ1v) is 27.2. The van der Waals surface area contributed by atoms with Gasteiger partial charge in [-0.25, -0.2) is 9.97 Å². The van der Waals surface area contributed by atoms with E-state index < -0.39 is 29.5 Å². The first kappa shape index (κ1) is 52.7. The molecule has 16 rings (SSSR count). The normalized spacial score (nSPS) is 13.6. The molecule has 0 fully saturated rings. The molecule has 0 saturated carbocycles. The Morgan fingerprint density at radius 2 is 0.686 bits per heavy atom. The smallest absolute Gasteiger partial charge is 0.657 e. The van der Waals surface area contributed by atoms with Crippen LogP contribution in [0.15, 0.2) is 176 Å². The van der Waals surface area contributed by atoms with E-state index in [4.69, 9.17) is 35.1 Å². The van der Waals surface area contributed by atoms with Crippen molar-refractivity contribution >= 4 is 98.7 Å². The van der Waals surface area contributed by atoms with Gasteiger partial charge in [0.1, 0.15) is 24.7 Å². The summed E-state index contributed by atoms with van der Waals surface area (Å²) >= 11 is 0. The Bertz CT molecular complexity index is 4340. The van der Waals surface area contributed by atoms with Gasteiger partial charge in [-0.3, -0.25) is 24.0 Å². The van der Waals surface area contributed by atoms with E-state index in [0.29, 0.717) is 123 Å². The second kappa shape index (κ2) is 21.1. The zero-order chi connectivity index (χ0) is 57.4. The van der Waals surface area contributed by atoms with E-state index in [1.165, 1.54) is 36.4 Å². The van der Waals surface area contributed by atoms with Crippen LogP contribution >= 0.6 is 0 Å². The topological polar surface area (TPSA) is 232 Å². The van der Waals surface area contributed by atoms with Gasteiger partial charge >= 0.3 is 16.8 Å². The van der Waals surface area contributed by atoms with Crippen LogP contribution in [0.25, 0.3) is 90.9 Å². The molecule has 86 heavy (non-hydrogen) atoms. The Kier molecular flexibility index (Phi) is 12.9. The number of carbonyl (C=O) groups excluding carboxylic acids is 5. The number of ether oxygens (including phenoxy) is 2. The van der Waals surface area contributed by atoms with Crippen LogP contribution in [0.2, 0.25) is 0 Å². The van der Waals surface area contributed by atoms with Gasteiger partial charge in [-0.05, 0) is 107 Å². The molecule has 16 nitrogen and oxygen atoms in total. The van der Waals surface area contributed by atoms with Crippen molar-refractivity contribution in [3.05, 3.63) is 238 Å². The number of rotatable bonds is 1. The van der Waals surface area contributed by atoms with Crippen LogP contribution in [0.1, 0.15) is 85.7 Å². The Balaban J connectivity index is 0.00000653. The van der Waals surface area contributed by atoms with Gasteiger partial charge in [0, 0.05) is 78.4 Å². The third-order valence-electron chi connectivity index (χ3n) is 15.5. The van der Waals surface area contributed by atoms with Crippen molar-refractivity contribution in [1.82, 2.24) is 19.9 Å². The van der Waals surface area contributed by atoms with Gasteiger partial charge in [-0.1, -0.05) is 115 Å². The molecular formula is C69H43CoN9O7. The maximum Gasteiger partial charge on any atom is 2.00 e. The second-order valence-corrected chi connectivity index (χ2v) is 20.7. The Hall–Kier alpha value is -11.4. The summed E-state index contributed by atoms with van der Waals surface area (Å²) in [5.41, 5.74) is 17.4. The summed E-state index contributed by atoms with van der Waals surface area (Å²) in [6.07, 6.45) is 7.59. The Morgan fingerprint density at radius 1 is 0.395 bits per heavy atom. The van der Waals surface area contributed by atoms with Gasteiger partial charge in [0.2, 0.25) is 5.91 Å². The number of benzene rings is 7. The van der Waals surface area contributed by atoms with E-state index in [1.807, 2.05) is 121 Å². The minimum absolute atomic E-state index is 0. The average Bonchev–Trinajstić information content (AvgIpc) is 3.36. The number of nitrogens with zero attached hydrogens (tertiary/aromatic N) is 4. The molecule has 6 aliphatic heterocycles. The van der Waals surface area contributed by atoms with E-state index in [9.17, 15) is 24.0 Å². The molecule has 6 aliphatic rings. The summed E-state index contributed by atoms with van der Waals surface area (Å²) in [6.45, 7) is -0.469. The maximum absolute atomic E-state index is 15.0. The van der Waals surface area contributed by atoms with Crippen molar-refractivity contribution in [2.45, 2.75) is 13.2 Å². The van der Waals surface area contributed by atoms with E-state index >= 15 is 0 Å². The summed E-state index contributed by atoms with van der Waals surface area (Å²) in [5.74, 6) is -2.79. The molecule has 3 aromatic heterocycles. The maximum atomic E-state index is 15.0. The summed E-state index contributed by atoms with van der Waals surface area (Å²) in [5, 5.41) is 12.6. The summed E-state index contributed by atoms with van der Waals surface area (Å²) < 4.78 is 12.9. The van der Waals surface area contributed by atoms with E-state index in [2.05, 4.69) is 21.3 Å². The third-order valence-corrected chi connectivity index (χ3v) is 15.5. The first-order chi connectivity index (χ1) is 41.5. The standard InChI is InChI=1S/C69H45N9O7.Co/c70-65(79)60-36-10-9-11-37(60)35-85-43-32-40-29-41(33-43)69(83)78-51-19-8-4-15-47(51)64-55-23-22-54(72-55)63(46-14-3-7-18-50(46)77-68(40)82)57-25-24-56(73-57)61-44-12-1-5-16-48(44)75-66(80)38-28-39(31-42(30-38)84-34-36)67(81)76-49-17-6-2-13-45(49)62(53-21-20-52(61)71-53)58-26-27-59(64)74-58;/h1-33H,34-35H2,(H8,70,71,72,73,74,75,76,77,78,79,80,81,82,83);/q;+2/p-2. The molecule has 5 amide bonds. The minimum atomic E-state index is -0.780. The molecule has 10 aromatic rings. The Morgan fingerprint density at radius 3 is 0.977 bits per heavy atom. The van der Waals surface area contributed by atoms with Gasteiger partial charge in [0.05, 0.1) is 28.3 Å². The number of hydrogen-bond donors (Lipinski definition) is 5. The fraction of sp³-hybridized carbons (Fsp3) is 0.0290. The number of aromatic nitrogens is 4. The van der Waals surface area contributed by atoms with Crippen molar-refractivity contribution in [3.63, 3.8) is 0 Å². The predicted molar refractivity (Wildman–Crippen MR) is 327 cm³/mol. The van der Waals surface area contributed by atoms with Crippen LogP contribution in [0.3, 0.4) is 0 Å². The molecule has 6 N–H and O–H groups in total. The summed E-state index contributed by atoms with van der Waals surface area (Å²) in [6, 6.07) is 51.1. The summed E-state index contributed by atoms with van der Waals surface area (Å²) in [7, 11) is 0. The zero-order valence-corrected chi connectivity index (χ0v) is 46.1. The van der Waals surface area contributed by atoms with Crippen LogP contribution in [0, 0.1) is 0 Å². The number of fused-ring (bicyclic) bond motifs is 6. The van der Waals surface area contributed by atoms with Crippen LogP contribution in [-0.2, 0) is 30.0 Å². The first-order valence-electron chi connectivity index (χ1n) is 27.2. The van der Waals surface area contributed by atoms with Gasteiger partial charge in [0.25, 0.3) is 23.6 Å².